The summed E-state index contributed by atoms with van der Waals surface area (Å²) >= 11 is 0. The van der Waals surface area contributed by atoms with Gasteiger partial charge in [0.2, 0.25) is 0 Å². The molecular formula is C14H19NO2. The number of rotatable bonds is 2. The van der Waals surface area contributed by atoms with Gasteiger partial charge in [0.1, 0.15) is 0 Å². The Bertz CT molecular complexity index is 388. The summed E-state index contributed by atoms with van der Waals surface area (Å²) in [4.78, 5) is 14.1. The topological polar surface area (TPSA) is 40.5 Å². The van der Waals surface area contributed by atoms with Crippen molar-refractivity contribution in [2.24, 2.45) is 5.92 Å². The van der Waals surface area contributed by atoms with Crippen LogP contribution in [0.2, 0.25) is 0 Å². The van der Waals surface area contributed by atoms with E-state index in [1.807, 2.05) is 35.2 Å². The Balaban J connectivity index is 2.19. The minimum Gasteiger partial charge on any atom is -0.391 e. The van der Waals surface area contributed by atoms with E-state index >= 15 is 0 Å². The van der Waals surface area contributed by atoms with Gasteiger partial charge < -0.3 is 10.0 Å². The summed E-state index contributed by atoms with van der Waals surface area (Å²) in [5.74, 6) is 0.403. The molecule has 0 spiro atoms. The smallest absolute Gasteiger partial charge is 0.254 e. The highest BCUT2D eigenvalue weighted by atomic mass is 16.3. The van der Waals surface area contributed by atoms with E-state index in [1.165, 1.54) is 0 Å². The normalized spacial score (nSPS) is 24.4. The van der Waals surface area contributed by atoms with Gasteiger partial charge in [-0.2, -0.15) is 0 Å². The van der Waals surface area contributed by atoms with Gasteiger partial charge in [0.05, 0.1) is 6.10 Å². The Morgan fingerprint density at radius 3 is 2.59 bits per heavy atom. The number of hydrogen-bond donors (Lipinski definition) is 1. The van der Waals surface area contributed by atoms with Gasteiger partial charge in [0.15, 0.2) is 0 Å². The van der Waals surface area contributed by atoms with Gasteiger partial charge in [-0.25, -0.2) is 0 Å². The molecule has 1 saturated heterocycles. The van der Waals surface area contributed by atoms with Crippen molar-refractivity contribution in [1.29, 1.82) is 0 Å². The van der Waals surface area contributed by atoms with Crippen molar-refractivity contribution in [1.82, 2.24) is 4.90 Å². The van der Waals surface area contributed by atoms with E-state index in [4.69, 9.17) is 0 Å². The van der Waals surface area contributed by atoms with E-state index in [0.29, 0.717) is 24.4 Å². The second-order valence-electron chi connectivity index (χ2n) is 5.02. The molecule has 3 heteroatoms. The molecule has 1 aromatic carbocycles. The Morgan fingerprint density at radius 1 is 1.35 bits per heavy atom. The van der Waals surface area contributed by atoms with Gasteiger partial charge in [-0.15, -0.1) is 0 Å². The van der Waals surface area contributed by atoms with E-state index in [9.17, 15) is 9.90 Å². The highest BCUT2D eigenvalue weighted by Crippen LogP contribution is 2.25. The van der Waals surface area contributed by atoms with E-state index in [2.05, 4.69) is 13.8 Å². The molecule has 1 heterocycles. The summed E-state index contributed by atoms with van der Waals surface area (Å²) in [5.41, 5.74) is 0.701. The molecule has 0 aliphatic carbocycles. The van der Waals surface area contributed by atoms with Crippen LogP contribution in [0.4, 0.5) is 0 Å². The summed E-state index contributed by atoms with van der Waals surface area (Å²) in [6.45, 7) is 4.64. The van der Waals surface area contributed by atoms with Gasteiger partial charge in [0, 0.05) is 18.2 Å². The second-order valence-corrected chi connectivity index (χ2v) is 5.02. The lowest BCUT2D eigenvalue weighted by Crippen LogP contribution is -2.38. The fourth-order valence-corrected chi connectivity index (χ4v) is 2.46. The minimum atomic E-state index is -0.380. The molecular weight excluding hydrogens is 214 g/mol. The van der Waals surface area contributed by atoms with Gasteiger partial charge in [-0.05, 0) is 24.5 Å². The second kappa shape index (κ2) is 4.88. The maximum atomic E-state index is 12.3. The lowest BCUT2D eigenvalue weighted by Gasteiger charge is -2.27. The zero-order valence-corrected chi connectivity index (χ0v) is 10.3. The molecule has 1 aromatic rings. The van der Waals surface area contributed by atoms with Crippen LogP contribution in [0.3, 0.4) is 0 Å². The monoisotopic (exact) mass is 233 g/mol. The molecule has 1 amide bonds. The zero-order chi connectivity index (χ0) is 12.4. The number of hydrogen-bond acceptors (Lipinski definition) is 2. The van der Waals surface area contributed by atoms with Crippen LogP contribution < -0.4 is 0 Å². The van der Waals surface area contributed by atoms with Crippen molar-refractivity contribution in [3.63, 3.8) is 0 Å². The van der Waals surface area contributed by atoms with Crippen LogP contribution in [0.15, 0.2) is 30.3 Å². The fraction of sp³-hybridized carbons (Fsp3) is 0.500. The number of carbonyl (C=O) groups is 1. The van der Waals surface area contributed by atoms with Crippen LogP contribution in [-0.4, -0.2) is 34.6 Å². The first kappa shape index (κ1) is 12.1. The molecule has 0 unspecified atom stereocenters. The minimum absolute atomic E-state index is 0.0286. The third kappa shape index (κ3) is 2.50. The Morgan fingerprint density at radius 2 is 2.00 bits per heavy atom. The van der Waals surface area contributed by atoms with Crippen molar-refractivity contribution >= 4 is 5.91 Å². The van der Waals surface area contributed by atoms with Gasteiger partial charge in [0.25, 0.3) is 5.91 Å². The molecule has 1 aliphatic heterocycles. The maximum Gasteiger partial charge on any atom is 0.254 e. The molecule has 1 aliphatic rings. The van der Waals surface area contributed by atoms with E-state index < -0.39 is 0 Å². The van der Waals surface area contributed by atoms with E-state index in [0.717, 1.165) is 0 Å². The predicted molar refractivity (Wildman–Crippen MR) is 66.7 cm³/mol. The number of benzene rings is 1. The third-order valence-corrected chi connectivity index (χ3v) is 3.37. The number of carbonyl (C=O) groups excluding carboxylic acids is 1. The lowest BCUT2D eigenvalue weighted by molar-refractivity contribution is 0.0686. The number of amides is 1. The molecule has 1 fully saturated rings. The number of β-amino-alcohol motifs (C(OH)–C–C–N with tert-alkyl or cyclic N) is 1. The van der Waals surface area contributed by atoms with Gasteiger partial charge >= 0.3 is 0 Å². The van der Waals surface area contributed by atoms with Crippen LogP contribution in [0.1, 0.15) is 30.6 Å². The van der Waals surface area contributed by atoms with Crippen molar-refractivity contribution in [2.45, 2.75) is 32.4 Å². The highest BCUT2D eigenvalue weighted by molar-refractivity contribution is 5.94. The molecule has 92 valence electrons. The van der Waals surface area contributed by atoms with Crippen LogP contribution in [0.25, 0.3) is 0 Å². The van der Waals surface area contributed by atoms with Crippen LogP contribution >= 0.6 is 0 Å². The molecule has 1 N–H and O–H groups in total. The first-order valence-electron chi connectivity index (χ1n) is 6.13. The molecule has 3 nitrogen and oxygen atoms in total. The molecule has 2 rings (SSSR count). The van der Waals surface area contributed by atoms with Crippen LogP contribution in [-0.2, 0) is 0 Å². The Hall–Kier alpha value is -1.35. The predicted octanol–water partition coefficient (Wildman–Crippen LogP) is 1.92. The standard InChI is InChI=1S/C14H19NO2/c1-10(2)13-8-12(16)9-15(13)14(17)11-6-4-3-5-7-11/h3-7,10,12-13,16H,8-9H2,1-2H3/t12-,13+/m1/s1. The summed E-state index contributed by atoms with van der Waals surface area (Å²) in [7, 11) is 0. The number of nitrogens with zero attached hydrogens (tertiary/aromatic N) is 1. The average molecular weight is 233 g/mol. The van der Waals surface area contributed by atoms with Crippen molar-refractivity contribution in [3.8, 4) is 0 Å². The largest absolute Gasteiger partial charge is 0.391 e. The van der Waals surface area contributed by atoms with Crippen molar-refractivity contribution < 1.29 is 9.90 Å². The lowest BCUT2D eigenvalue weighted by atomic mass is 10.0. The molecule has 17 heavy (non-hydrogen) atoms. The number of aliphatic hydroxyl groups is 1. The number of aliphatic hydroxyl groups excluding tert-OH is 1. The van der Waals surface area contributed by atoms with Gasteiger partial charge in [-0.1, -0.05) is 32.0 Å². The summed E-state index contributed by atoms with van der Waals surface area (Å²) < 4.78 is 0. The Labute approximate surface area is 102 Å². The summed E-state index contributed by atoms with van der Waals surface area (Å²) in [5, 5.41) is 9.72. The highest BCUT2D eigenvalue weighted by Gasteiger charge is 2.36. The van der Waals surface area contributed by atoms with Crippen LogP contribution in [0.5, 0.6) is 0 Å². The zero-order valence-electron chi connectivity index (χ0n) is 10.3. The van der Waals surface area contributed by atoms with E-state index in [-0.39, 0.29) is 18.1 Å². The summed E-state index contributed by atoms with van der Waals surface area (Å²) in [6, 6.07) is 9.43. The molecule has 0 aromatic heterocycles. The summed E-state index contributed by atoms with van der Waals surface area (Å²) in [6.07, 6.45) is 0.311. The van der Waals surface area contributed by atoms with E-state index in [1.54, 1.807) is 0 Å². The molecule has 0 bridgehead atoms. The average Bonchev–Trinajstić information content (AvgIpc) is 2.72. The molecule has 0 radical (unpaired) electrons. The maximum absolute atomic E-state index is 12.3. The SMILES string of the molecule is CC(C)[C@@H]1C[C@@H](O)CN1C(=O)c1ccccc1. The molecule has 0 saturated carbocycles. The van der Waals surface area contributed by atoms with Crippen molar-refractivity contribution in [2.75, 3.05) is 6.54 Å². The van der Waals surface area contributed by atoms with Crippen molar-refractivity contribution in [3.05, 3.63) is 35.9 Å². The quantitative estimate of drug-likeness (QED) is 0.847. The van der Waals surface area contributed by atoms with Gasteiger partial charge in [-0.3, -0.25) is 4.79 Å². The first-order valence-corrected chi connectivity index (χ1v) is 6.13. The third-order valence-electron chi connectivity index (χ3n) is 3.37. The Kier molecular flexibility index (Phi) is 3.48. The van der Waals surface area contributed by atoms with Crippen LogP contribution in [0, 0.1) is 5.92 Å². The number of likely N-dealkylation sites (tertiary alicyclic amines) is 1. The first-order chi connectivity index (χ1) is 8.09. The fourth-order valence-electron chi connectivity index (χ4n) is 2.46. The molecule has 2 atom stereocenters.